The molecule has 3 aliphatic rings. The lowest BCUT2D eigenvalue weighted by Crippen LogP contribution is -2.51. The van der Waals surface area contributed by atoms with Crippen LogP contribution in [0, 0.1) is 5.82 Å². The first-order valence-corrected chi connectivity index (χ1v) is 11.7. The molecule has 3 aromatic heterocycles. The number of anilines is 3. The number of amides is 1. The Hall–Kier alpha value is -3.31. The molecular formula is C23H27FN8O2. The summed E-state index contributed by atoms with van der Waals surface area (Å²) in [6.07, 6.45) is 9.47. The van der Waals surface area contributed by atoms with Gasteiger partial charge >= 0.3 is 0 Å². The van der Waals surface area contributed by atoms with E-state index in [1.807, 2.05) is 6.20 Å². The molecule has 2 aliphatic heterocycles. The highest BCUT2D eigenvalue weighted by atomic mass is 19.1. The number of carbonyl (C=O) groups is 1. The van der Waals surface area contributed by atoms with Gasteiger partial charge in [-0.3, -0.25) is 14.7 Å². The Morgan fingerprint density at radius 3 is 2.71 bits per heavy atom. The third-order valence-corrected chi connectivity index (χ3v) is 6.98. The van der Waals surface area contributed by atoms with E-state index in [4.69, 9.17) is 10.5 Å². The molecule has 3 fully saturated rings. The van der Waals surface area contributed by atoms with Gasteiger partial charge in [-0.15, -0.1) is 0 Å². The maximum Gasteiger partial charge on any atom is 0.261 e. The number of carbonyl (C=O) groups excluding carboxylic acids is 1. The fourth-order valence-electron chi connectivity index (χ4n) is 4.98. The minimum atomic E-state index is -0.686. The summed E-state index contributed by atoms with van der Waals surface area (Å²) in [6.45, 7) is 5.31. The van der Waals surface area contributed by atoms with Crippen LogP contribution in [0.15, 0.2) is 24.8 Å². The lowest BCUT2D eigenvalue weighted by Gasteiger charge is -2.40. The first-order chi connectivity index (χ1) is 16.6. The minimum absolute atomic E-state index is 0.205. The van der Waals surface area contributed by atoms with E-state index in [2.05, 4.69) is 30.2 Å². The summed E-state index contributed by atoms with van der Waals surface area (Å²) < 4.78 is 20.5. The van der Waals surface area contributed by atoms with E-state index in [1.165, 1.54) is 16.3 Å². The van der Waals surface area contributed by atoms with Gasteiger partial charge in [0.05, 0.1) is 36.6 Å². The lowest BCUT2D eigenvalue weighted by molar-refractivity contribution is 0.102. The Labute approximate surface area is 195 Å². The van der Waals surface area contributed by atoms with Crippen LogP contribution >= 0.6 is 0 Å². The van der Waals surface area contributed by atoms with Gasteiger partial charge in [0.2, 0.25) is 0 Å². The zero-order valence-corrected chi connectivity index (χ0v) is 18.8. The molecule has 1 atom stereocenters. The standard InChI is InChI=1S/C23H27FN8O2/c24-18-12-32-22(29-21(18)25)17(10-27-32)23(33)28-19-11-26-9-16(14-1-2-14)20(19)31-6-4-30(5-7-31)15-3-8-34-13-15/h9-12,14-15H,1-8,13H2,(H2,25,29)(H,28,33). The second kappa shape index (κ2) is 8.48. The van der Waals surface area contributed by atoms with Crippen molar-refractivity contribution in [3.05, 3.63) is 41.7 Å². The van der Waals surface area contributed by atoms with Crippen LogP contribution < -0.4 is 16.0 Å². The smallest absolute Gasteiger partial charge is 0.261 e. The Bertz CT molecular complexity index is 1230. The molecule has 2 saturated heterocycles. The molecule has 34 heavy (non-hydrogen) atoms. The summed E-state index contributed by atoms with van der Waals surface area (Å²) in [5, 5.41) is 7.07. The molecule has 6 rings (SSSR count). The molecule has 178 valence electrons. The molecule has 1 amide bonds. The van der Waals surface area contributed by atoms with Gasteiger partial charge in [0.15, 0.2) is 17.3 Å². The molecule has 1 saturated carbocycles. The number of hydrogen-bond acceptors (Lipinski definition) is 8. The van der Waals surface area contributed by atoms with Gasteiger partial charge in [-0.25, -0.2) is 13.9 Å². The van der Waals surface area contributed by atoms with Crippen molar-refractivity contribution in [2.75, 3.05) is 55.3 Å². The molecule has 3 aromatic rings. The van der Waals surface area contributed by atoms with Crippen LogP contribution in [0.1, 0.15) is 41.1 Å². The summed E-state index contributed by atoms with van der Waals surface area (Å²) in [7, 11) is 0. The van der Waals surface area contributed by atoms with Crippen molar-refractivity contribution in [1.82, 2.24) is 24.5 Å². The van der Waals surface area contributed by atoms with Crippen LogP contribution in [0.3, 0.4) is 0 Å². The van der Waals surface area contributed by atoms with Gasteiger partial charge in [0.25, 0.3) is 5.91 Å². The normalized spacial score (nSPS) is 21.3. The molecule has 3 N–H and O–H groups in total. The van der Waals surface area contributed by atoms with Crippen molar-refractivity contribution in [1.29, 1.82) is 0 Å². The van der Waals surface area contributed by atoms with Crippen molar-refractivity contribution in [2.24, 2.45) is 0 Å². The molecule has 0 bridgehead atoms. The highest BCUT2D eigenvalue weighted by Gasteiger charge is 2.33. The van der Waals surface area contributed by atoms with Crippen molar-refractivity contribution in [3.8, 4) is 0 Å². The quantitative estimate of drug-likeness (QED) is 0.586. The monoisotopic (exact) mass is 466 g/mol. The van der Waals surface area contributed by atoms with E-state index in [0.29, 0.717) is 17.6 Å². The maximum absolute atomic E-state index is 13.7. The lowest BCUT2D eigenvalue weighted by atomic mass is 10.1. The minimum Gasteiger partial charge on any atom is -0.381 e. The third-order valence-electron chi connectivity index (χ3n) is 6.98. The molecule has 1 aliphatic carbocycles. The van der Waals surface area contributed by atoms with E-state index in [9.17, 15) is 9.18 Å². The zero-order chi connectivity index (χ0) is 23.2. The predicted molar refractivity (Wildman–Crippen MR) is 125 cm³/mol. The average molecular weight is 467 g/mol. The maximum atomic E-state index is 13.7. The fourth-order valence-corrected chi connectivity index (χ4v) is 4.98. The molecule has 10 nitrogen and oxygen atoms in total. The van der Waals surface area contributed by atoms with E-state index >= 15 is 0 Å². The molecule has 0 spiro atoms. The van der Waals surface area contributed by atoms with Gasteiger partial charge in [-0.05, 0) is 30.7 Å². The van der Waals surface area contributed by atoms with Crippen LogP contribution in [-0.2, 0) is 4.74 Å². The summed E-state index contributed by atoms with van der Waals surface area (Å²) >= 11 is 0. The van der Waals surface area contributed by atoms with Crippen molar-refractivity contribution < 1.29 is 13.9 Å². The van der Waals surface area contributed by atoms with Crippen molar-refractivity contribution in [3.63, 3.8) is 0 Å². The number of aromatic nitrogens is 4. The second-order valence-corrected chi connectivity index (χ2v) is 9.19. The summed E-state index contributed by atoms with van der Waals surface area (Å²) in [5.74, 6) is -0.867. The third kappa shape index (κ3) is 3.84. The number of rotatable bonds is 5. The van der Waals surface area contributed by atoms with Crippen LogP contribution in [0.2, 0.25) is 0 Å². The summed E-state index contributed by atoms with van der Waals surface area (Å²) in [5.41, 5.74) is 8.94. The predicted octanol–water partition coefficient (Wildman–Crippen LogP) is 1.89. The molecule has 5 heterocycles. The van der Waals surface area contributed by atoms with E-state index in [-0.39, 0.29) is 22.9 Å². The van der Waals surface area contributed by atoms with Crippen LogP contribution in [-0.4, -0.2) is 75.8 Å². The number of pyridine rings is 1. The molecule has 0 radical (unpaired) electrons. The Morgan fingerprint density at radius 2 is 1.97 bits per heavy atom. The SMILES string of the molecule is Nc1nc2c(C(=O)Nc3cncc(C4CC4)c3N3CCN(C4CCOC4)CC3)cnn2cc1F. The van der Waals surface area contributed by atoms with E-state index in [1.54, 1.807) is 6.20 Å². The van der Waals surface area contributed by atoms with Gasteiger partial charge < -0.3 is 20.7 Å². The molecular weight excluding hydrogens is 439 g/mol. The Balaban J connectivity index is 1.27. The number of hydrogen-bond donors (Lipinski definition) is 2. The zero-order valence-electron chi connectivity index (χ0n) is 18.8. The number of nitrogens with two attached hydrogens (primary N) is 1. The fraction of sp³-hybridized carbons (Fsp3) is 0.478. The van der Waals surface area contributed by atoms with Crippen LogP contribution in [0.5, 0.6) is 0 Å². The first-order valence-electron chi connectivity index (χ1n) is 11.7. The Morgan fingerprint density at radius 1 is 1.15 bits per heavy atom. The van der Waals surface area contributed by atoms with E-state index in [0.717, 1.165) is 70.5 Å². The first kappa shape index (κ1) is 21.2. The molecule has 0 aromatic carbocycles. The number of nitrogens with zero attached hydrogens (tertiary/aromatic N) is 6. The number of nitrogen functional groups attached to an aromatic ring is 1. The summed E-state index contributed by atoms with van der Waals surface area (Å²) in [4.78, 5) is 26.5. The number of ether oxygens (including phenoxy) is 1. The van der Waals surface area contributed by atoms with Gasteiger partial charge in [-0.1, -0.05) is 0 Å². The molecule has 11 heteroatoms. The van der Waals surface area contributed by atoms with E-state index < -0.39 is 5.82 Å². The van der Waals surface area contributed by atoms with Crippen LogP contribution in [0.25, 0.3) is 5.65 Å². The average Bonchev–Trinajstić information content (AvgIpc) is 3.38. The highest BCUT2D eigenvalue weighted by Crippen LogP contribution is 2.46. The Kier molecular flexibility index (Phi) is 5.30. The van der Waals surface area contributed by atoms with Gasteiger partial charge in [0.1, 0.15) is 5.56 Å². The second-order valence-electron chi connectivity index (χ2n) is 9.19. The van der Waals surface area contributed by atoms with Gasteiger partial charge in [-0.2, -0.15) is 5.10 Å². The summed E-state index contributed by atoms with van der Waals surface area (Å²) in [6, 6.07) is 0.502. The van der Waals surface area contributed by atoms with Gasteiger partial charge in [0, 0.05) is 45.0 Å². The molecule has 1 unspecified atom stereocenters. The highest BCUT2D eigenvalue weighted by molar-refractivity contribution is 6.09. The topological polar surface area (TPSA) is 114 Å². The van der Waals surface area contributed by atoms with Crippen molar-refractivity contribution in [2.45, 2.75) is 31.2 Å². The van der Waals surface area contributed by atoms with Crippen molar-refractivity contribution >= 4 is 28.7 Å². The van der Waals surface area contributed by atoms with Crippen LogP contribution in [0.4, 0.5) is 21.6 Å². The number of halogens is 1. The number of nitrogens with one attached hydrogen (secondary N) is 1. The number of fused-ring (bicyclic) bond motifs is 1. The number of piperazine rings is 1. The largest absolute Gasteiger partial charge is 0.381 e.